The second-order valence-electron chi connectivity index (χ2n) is 7.96. The highest BCUT2D eigenvalue weighted by Crippen LogP contribution is 2.17. The Morgan fingerprint density at radius 3 is 2.39 bits per heavy atom. The SMILES string of the molecule is CN(C)c1ccc([C@H](CNC(=O)C(=O)NC[C@@H]2CCCO2)[NH+]2CCCC2)cc1. The number of quaternary nitrogens is 1. The third-order valence-corrected chi connectivity index (χ3v) is 5.74. The summed E-state index contributed by atoms with van der Waals surface area (Å²) in [6, 6.07) is 8.64. The molecule has 0 spiro atoms. The topological polar surface area (TPSA) is 75.1 Å². The summed E-state index contributed by atoms with van der Waals surface area (Å²) < 4.78 is 5.48. The van der Waals surface area contributed by atoms with Crippen LogP contribution in [0.25, 0.3) is 0 Å². The van der Waals surface area contributed by atoms with Crippen LogP contribution < -0.4 is 20.4 Å². The number of amides is 2. The van der Waals surface area contributed by atoms with E-state index in [0.717, 1.165) is 38.2 Å². The number of nitrogens with one attached hydrogen (secondary N) is 3. The summed E-state index contributed by atoms with van der Waals surface area (Å²) in [6.45, 7) is 3.80. The van der Waals surface area contributed by atoms with E-state index in [1.165, 1.54) is 23.3 Å². The van der Waals surface area contributed by atoms with Gasteiger partial charge in [-0.15, -0.1) is 0 Å². The van der Waals surface area contributed by atoms with Crippen molar-refractivity contribution >= 4 is 17.5 Å². The Balaban J connectivity index is 1.56. The molecule has 0 radical (unpaired) electrons. The Morgan fingerprint density at radius 1 is 1.11 bits per heavy atom. The summed E-state index contributed by atoms with van der Waals surface area (Å²) in [5.74, 6) is -1.14. The minimum atomic E-state index is -0.575. The lowest BCUT2D eigenvalue weighted by Crippen LogP contribution is -3.11. The first-order chi connectivity index (χ1) is 13.5. The zero-order valence-electron chi connectivity index (χ0n) is 17.0. The summed E-state index contributed by atoms with van der Waals surface area (Å²) in [5, 5.41) is 5.54. The maximum Gasteiger partial charge on any atom is 0.309 e. The Labute approximate surface area is 167 Å². The molecule has 1 aromatic carbocycles. The van der Waals surface area contributed by atoms with Crippen LogP contribution in [0.3, 0.4) is 0 Å². The average molecular weight is 390 g/mol. The second kappa shape index (κ2) is 9.89. The standard InChI is InChI=1S/C21H32N4O3/c1-24(2)17-9-7-16(8-10-17)19(25-11-3-4-12-25)15-23-21(27)20(26)22-14-18-6-5-13-28-18/h7-10,18-19H,3-6,11-15H2,1-2H3,(H,22,26)(H,23,27)/p+1/t18-,19-/m0/s1. The van der Waals surface area contributed by atoms with Crippen LogP contribution in [0.4, 0.5) is 5.69 Å². The van der Waals surface area contributed by atoms with Gasteiger partial charge in [0.2, 0.25) is 0 Å². The third-order valence-electron chi connectivity index (χ3n) is 5.74. The van der Waals surface area contributed by atoms with Gasteiger partial charge in [-0.05, 0) is 25.0 Å². The first kappa shape index (κ1) is 20.6. The molecule has 2 heterocycles. The maximum atomic E-state index is 12.3. The van der Waals surface area contributed by atoms with E-state index in [0.29, 0.717) is 13.1 Å². The predicted octanol–water partition coefficient (Wildman–Crippen LogP) is -0.116. The van der Waals surface area contributed by atoms with Crippen molar-refractivity contribution in [2.24, 2.45) is 0 Å². The molecule has 0 bridgehead atoms. The fourth-order valence-corrected chi connectivity index (χ4v) is 4.05. The van der Waals surface area contributed by atoms with Crippen molar-refractivity contribution in [1.29, 1.82) is 0 Å². The zero-order valence-corrected chi connectivity index (χ0v) is 17.0. The molecular weight excluding hydrogens is 356 g/mol. The normalized spacial score (nSPS) is 20.7. The highest BCUT2D eigenvalue weighted by molar-refractivity contribution is 6.35. The number of likely N-dealkylation sites (tertiary alicyclic amines) is 1. The van der Waals surface area contributed by atoms with Crippen molar-refractivity contribution in [3.8, 4) is 0 Å². The van der Waals surface area contributed by atoms with Crippen molar-refractivity contribution in [2.75, 3.05) is 51.8 Å². The molecule has 3 N–H and O–H groups in total. The summed E-state index contributed by atoms with van der Waals surface area (Å²) >= 11 is 0. The zero-order chi connectivity index (χ0) is 19.9. The first-order valence-corrected chi connectivity index (χ1v) is 10.3. The Hall–Kier alpha value is -2.12. The molecule has 2 aliphatic heterocycles. The van der Waals surface area contributed by atoms with Crippen molar-refractivity contribution in [3.63, 3.8) is 0 Å². The molecule has 3 rings (SSSR count). The molecule has 0 unspecified atom stereocenters. The molecule has 7 heteroatoms. The average Bonchev–Trinajstić information content (AvgIpc) is 3.40. The van der Waals surface area contributed by atoms with Crippen LogP contribution in [-0.2, 0) is 14.3 Å². The number of hydrogen-bond donors (Lipinski definition) is 3. The molecule has 2 aliphatic rings. The van der Waals surface area contributed by atoms with Gasteiger partial charge in [0, 0.05) is 51.3 Å². The van der Waals surface area contributed by atoms with Gasteiger partial charge < -0.3 is 25.2 Å². The highest BCUT2D eigenvalue weighted by Gasteiger charge is 2.29. The number of anilines is 1. The minimum absolute atomic E-state index is 0.0359. The predicted molar refractivity (Wildman–Crippen MR) is 108 cm³/mol. The van der Waals surface area contributed by atoms with Crippen LogP contribution in [0.15, 0.2) is 24.3 Å². The van der Waals surface area contributed by atoms with Crippen LogP contribution in [0.2, 0.25) is 0 Å². The molecule has 1 aromatic rings. The summed E-state index contributed by atoms with van der Waals surface area (Å²) in [7, 11) is 4.04. The quantitative estimate of drug-likeness (QED) is 0.569. The van der Waals surface area contributed by atoms with E-state index in [1.807, 2.05) is 14.1 Å². The maximum absolute atomic E-state index is 12.3. The number of carbonyl (C=O) groups excluding carboxylic acids is 2. The van der Waals surface area contributed by atoms with Gasteiger partial charge in [-0.1, -0.05) is 12.1 Å². The molecular formula is C21H33N4O3+. The van der Waals surface area contributed by atoms with E-state index in [2.05, 4.69) is 39.8 Å². The van der Waals surface area contributed by atoms with Gasteiger partial charge in [-0.2, -0.15) is 0 Å². The fraction of sp³-hybridized carbons (Fsp3) is 0.619. The number of benzene rings is 1. The molecule has 2 saturated heterocycles. The lowest BCUT2D eigenvalue weighted by molar-refractivity contribution is -0.918. The largest absolute Gasteiger partial charge is 0.378 e. The van der Waals surface area contributed by atoms with Gasteiger partial charge >= 0.3 is 11.8 Å². The molecule has 0 aliphatic carbocycles. The van der Waals surface area contributed by atoms with Crippen molar-refractivity contribution < 1.29 is 19.2 Å². The highest BCUT2D eigenvalue weighted by atomic mass is 16.5. The smallest absolute Gasteiger partial charge is 0.309 e. The molecule has 0 aromatic heterocycles. The van der Waals surface area contributed by atoms with Gasteiger partial charge in [0.05, 0.1) is 25.7 Å². The molecule has 0 saturated carbocycles. The lowest BCUT2D eigenvalue weighted by atomic mass is 10.0. The number of rotatable bonds is 7. The summed E-state index contributed by atoms with van der Waals surface area (Å²) in [6.07, 6.45) is 4.40. The first-order valence-electron chi connectivity index (χ1n) is 10.3. The molecule has 2 atom stereocenters. The molecule has 28 heavy (non-hydrogen) atoms. The van der Waals surface area contributed by atoms with E-state index in [9.17, 15) is 9.59 Å². The van der Waals surface area contributed by atoms with Crippen LogP contribution in [0.5, 0.6) is 0 Å². The fourth-order valence-electron chi connectivity index (χ4n) is 4.05. The van der Waals surface area contributed by atoms with Crippen LogP contribution in [0, 0.1) is 0 Å². The van der Waals surface area contributed by atoms with Gasteiger partial charge in [0.1, 0.15) is 6.04 Å². The number of nitrogens with zero attached hydrogens (tertiary/aromatic N) is 1. The molecule has 154 valence electrons. The van der Waals surface area contributed by atoms with Gasteiger partial charge in [-0.3, -0.25) is 9.59 Å². The van der Waals surface area contributed by atoms with E-state index in [-0.39, 0.29) is 12.1 Å². The van der Waals surface area contributed by atoms with E-state index < -0.39 is 11.8 Å². The van der Waals surface area contributed by atoms with Crippen molar-refractivity contribution in [3.05, 3.63) is 29.8 Å². The number of ether oxygens (including phenoxy) is 1. The lowest BCUT2D eigenvalue weighted by Gasteiger charge is -2.26. The molecule has 7 nitrogen and oxygen atoms in total. The number of carbonyl (C=O) groups is 2. The van der Waals surface area contributed by atoms with E-state index in [4.69, 9.17) is 4.74 Å². The van der Waals surface area contributed by atoms with Crippen molar-refractivity contribution in [2.45, 2.75) is 37.8 Å². The Morgan fingerprint density at radius 2 is 1.79 bits per heavy atom. The van der Waals surface area contributed by atoms with Gasteiger partial charge in [0.15, 0.2) is 0 Å². The van der Waals surface area contributed by atoms with Gasteiger partial charge in [0.25, 0.3) is 0 Å². The Bertz CT molecular complexity index is 650. The van der Waals surface area contributed by atoms with E-state index in [1.54, 1.807) is 0 Å². The van der Waals surface area contributed by atoms with Gasteiger partial charge in [-0.25, -0.2) is 0 Å². The van der Waals surface area contributed by atoms with E-state index >= 15 is 0 Å². The Kier molecular flexibility index (Phi) is 7.28. The van der Waals surface area contributed by atoms with Crippen LogP contribution >= 0.6 is 0 Å². The summed E-state index contributed by atoms with van der Waals surface area (Å²) in [5.41, 5.74) is 2.35. The monoisotopic (exact) mass is 389 g/mol. The summed E-state index contributed by atoms with van der Waals surface area (Å²) in [4.78, 5) is 27.9. The van der Waals surface area contributed by atoms with Crippen LogP contribution in [0.1, 0.15) is 37.3 Å². The third kappa shape index (κ3) is 5.45. The molecule has 2 amide bonds. The number of hydrogen-bond acceptors (Lipinski definition) is 4. The van der Waals surface area contributed by atoms with Crippen molar-refractivity contribution in [1.82, 2.24) is 10.6 Å². The second-order valence-corrected chi connectivity index (χ2v) is 7.96. The van der Waals surface area contributed by atoms with Crippen LogP contribution in [-0.4, -0.2) is 64.8 Å². The minimum Gasteiger partial charge on any atom is -0.378 e. The molecule has 2 fully saturated rings.